The third-order valence-electron chi connectivity index (χ3n) is 4.60. The molecule has 1 aromatic heterocycles. The number of benzene rings is 2. The van der Waals surface area contributed by atoms with Gasteiger partial charge in [-0.05, 0) is 68.6 Å². The van der Waals surface area contributed by atoms with Crippen LogP contribution in [0.15, 0.2) is 42.5 Å². The zero-order chi connectivity index (χ0) is 17.6. The van der Waals surface area contributed by atoms with E-state index >= 15 is 0 Å². The number of hydrogen-bond acceptors (Lipinski definition) is 3. The molecule has 0 radical (unpaired) electrons. The van der Waals surface area contributed by atoms with Crippen LogP contribution < -0.4 is 10.5 Å². The van der Waals surface area contributed by atoms with Crippen LogP contribution in [0.5, 0.6) is 5.75 Å². The molecule has 0 atom stereocenters. The first-order valence-electron chi connectivity index (χ1n) is 9.03. The van der Waals surface area contributed by atoms with Crippen molar-refractivity contribution in [1.29, 1.82) is 0 Å². The van der Waals surface area contributed by atoms with Crippen LogP contribution in [-0.2, 0) is 13.0 Å². The Morgan fingerprint density at radius 2 is 1.80 bits per heavy atom. The molecule has 0 amide bonds. The highest BCUT2D eigenvalue weighted by Gasteiger charge is 2.11. The summed E-state index contributed by atoms with van der Waals surface area (Å²) in [5, 5.41) is 0. The van der Waals surface area contributed by atoms with E-state index in [1.54, 1.807) is 0 Å². The van der Waals surface area contributed by atoms with Gasteiger partial charge in [0.15, 0.2) is 0 Å². The largest absolute Gasteiger partial charge is 0.494 e. The molecule has 25 heavy (non-hydrogen) atoms. The number of para-hydroxylation sites is 1. The van der Waals surface area contributed by atoms with Gasteiger partial charge in [-0.3, -0.25) is 0 Å². The summed E-state index contributed by atoms with van der Waals surface area (Å²) >= 11 is 0. The van der Waals surface area contributed by atoms with Crippen LogP contribution in [0.1, 0.15) is 29.8 Å². The molecule has 3 rings (SSSR count). The second kappa shape index (κ2) is 8.17. The number of aryl methyl sites for hydroxylation is 3. The lowest BCUT2D eigenvalue weighted by atomic mass is 10.1. The highest BCUT2D eigenvalue weighted by atomic mass is 16.5. The van der Waals surface area contributed by atoms with Crippen LogP contribution in [0.3, 0.4) is 0 Å². The zero-order valence-corrected chi connectivity index (χ0v) is 15.2. The molecule has 4 nitrogen and oxygen atoms in total. The Morgan fingerprint density at radius 3 is 2.56 bits per heavy atom. The van der Waals surface area contributed by atoms with Crippen molar-refractivity contribution < 1.29 is 4.74 Å². The number of aromatic nitrogens is 2. The molecule has 4 heteroatoms. The molecule has 0 saturated carbocycles. The SMILES string of the molecule is Cc1cc2nc(CCN)n(CCCCOc3ccccc3)c2cc1C. The number of rotatable bonds is 8. The van der Waals surface area contributed by atoms with Crippen LogP contribution >= 0.6 is 0 Å². The number of fused-ring (bicyclic) bond motifs is 1. The lowest BCUT2D eigenvalue weighted by molar-refractivity contribution is 0.303. The fraction of sp³-hybridized carbons (Fsp3) is 0.381. The summed E-state index contributed by atoms with van der Waals surface area (Å²) in [5.74, 6) is 2.02. The van der Waals surface area contributed by atoms with Crippen LogP contribution in [-0.4, -0.2) is 22.7 Å². The maximum absolute atomic E-state index is 5.78. The number of ether oxygens (including phenoxy) is 1. The molecular weight excluding hydrogens is 310 g/mol. The molecule has 0 saturated heterocycles. The summed E-state index contributed by atoms with van der Waals surface area (Å²) in [6, 6.07) is 14.4. The molecule has 0 aliphatic rings. The van der Waals surface area contributed by atoms with Crippen molar-refractivity contribution in [2.24, 2.45) is 5.73 Å². The lowest BCUT2D eigenvalue weighted by Gasteiger charge is -2.10. The predicted molar refractivity (Wildman–Crippen MR) is 103 cm³/mol. The summed E-state index contributed by atoms with van der Waals surface area (Å²) < 4.78 is 8.11. The van der Waals surface area contributed by atoms with Gasteiger partial charge in [0.2, 0.25) is 0 Å². The Balaban J connectivity index is 1.65. The van der Waals surface area contributed by atoms with E-state index in [4.69, 9.17) is 15.5 Å². The van der Waals surface area contributed by atoms with E-state index in [1.165, 1.54) is 16.6 Å². The second-order valence-electron chi connectivity index (χ2n) is 6.51. The standard InChI is InChI=1S/C21H27N3O/c1-16-14-19-20(15-17(16)2)24(21(23-19)10-11-22)12-6-7-13-25-18-8-4-3-5-9-18/h3-5,8-9,14-15H,6-7,10-13,22H2,1-2H3. The van der Waals surface area contributed by atoms with Crippen LogP contribution in [0.4, 0.5) is 0 Å². The van der Waals surface area contributed by atoms with Gasteiger partial charge in [0.05, 0.1) is 17.6 Å². The molecule has 0 unspecified atom stereocenters. The minimum absolute atomic E-state index is 0.623. The Bertz CT molecular complexity index is 824. The van der Waals surface area contributed by atoms with Gasteiger partial charge in [0.1, 0.15) is 11.6 Å². The first-order chi connectivity index (χ1) is 12.2. The van der Waals surface area contributed by atoms with Crippen molar-refractivity contribution in [2.75, 3.05) is 13.2 Å². The first kappa shape index (κ1) is 17.5. The van der Waals surface area contributed by atoms with Crippen molar-refractivity contribution >= 4 is 11.0 Å². The fourth-order valence-corrected chi connectivity index (χ4v) is 3.08. The van der Waals surface area contributed by atoms with Crippen molar-refractivity contribution in [3.63, 3.8) is 0 Å². The van der Waals surface area contributed by atoms with Gasteiger partial charge in [-0.15, -0.1) is 0 Å². The summed E-state index contributed by atoms with van der Waals surface area (Å²) in [7, 11) is 0. The van der Waals surface area contributed by atoms with E-state index in [9.17, 15) is 0 Å². The summed E-state index contributed by atoms with van der Waals surface area (Å²) in [6.45, 7) is 6.60. The van der Waals surface area contributed by atoms with Gasteiger partial charge >= 0.3 is 0 Å². The average Bonchev–Trinajstić information content (AvgIpc) is 2.93. The van der Waals surface area contributed by atoms with E-state index in [1.807, 2.05) is 30.3 Å². The quantitative estimate of drug-likeness (QED) is 0.632. The van der Waals surface area contributed by atoms with E-state index in [0.717, 1.165) is 49.5 Å². The highest BCUT2D eigenvalue weighted by Crippen LogP contribution is 2.22. The maximum atomic E-state index is 5.78. The smallest absolute Gasteiger partial charge is 0.119 e. The fourth-order valence-electron chi connectivity index (χ4n) is 3.08. The van der Waals surface area contributed by atoms with Crippen molar-refractivity contribution in [1.82, 2.24) is 9.55 Å². The van der Waals surface area contributed by atoms with Gasteiger partial charge in [-0.2, -0.15) is 0 Å². The molecule has 2 N–H and O–H groups in total. The van der Waals surface area contributed by atoms with Crippen LogP contribution in [0.25, 0.3) is 11.0 Å². The summed E-state index contributed by atoms with van der Waals surface area (Å²) in [5.41, 5.74) is 10.7. The van der Waals surface area contributed by atoms with Crippen LogP contribution in [0, 0.1) is 13.8 Å². The molecule has 0 aliphatic carbocycles. The molecule has 0 spiro atoms. The number of nitrogens with two attached hydrogens (primary N) is 1. The first-order valence-corrected chi connectivity index (χ1v) is 9.03. The Hall–Kier alpha value is -2.33. The van der Waals surface area contributed by atoms with Crippen molar-refractivity contribution in [3.05, 3.63) is 59.4 Å². The van der Waals surface area contributed by atoms with Crippen molar-refractivity contribution in [3.8, 4) is 5.75 Å². The molecule has 2 aromatic carbocycles. The molecule has 3 aromatic rings. The van der Waals surface area contributed by atoms with Gasteiger partial charge in [-0.1, -0.05) is 18.2 Å². The molecular formula is C21H27N3O. The Labute approximate surface area is 149 Å². The van der Waals surface area contributed by atoms with Gasteiger partial charge in [0.25, 0.3) is 0 Å². The normalized spacial score (nSPS) is 11.2. The van der Waals surface area contributed by atoms with Crippen molar-refractivity contribution in [2.45, 2.75) is 39.7 Å². The number of unbranched alkanes of at least 4 members (excludes halogenated alkanes) is 1. The van der Waals surface area contributed by atoms with E-state index < -0.39 is 0 Å². The third-order valence-corrected chi connectivity index (χ3v) is 4.60. The van der Waals surface area contributed by atoms with Gasteiger partial charge in [-0.25, -0.2) is 4.98 Å². The predicted octanol–water partition coefficient (Wildman–Crippen LogP) is 4.01. The molecule has 0 bridgehead atoms. The topological polar surface area (TPSA) is 53.1 Å². The third kappa shape index (κ3) is 4.20. The lowest BCUT2D eigenvalue weighted by Crippen LogP contribution is -2.11. The van der Waals surface area contributed by atoms with E-state index in [0.29, 0.717) is 6.54 Å². The monoisotopic (exact) mass is 337 g/mol. The van der Waals surface area contributed by atoms with E-state index in [-0.39, 0.29) is 0 Å². The minimum Gasteiger partial charge on any atom is -0.494 e. The molecule has 1 heterocycles. The van der Waals surface area contributed by atoms with Gasteiger partial charge in [0, 0.05) is 13.0 Å². The van der Waals surface area contributed by atoms with E-state index in [2.05, 4.69) is 30.5 Å². The average molecular weight is 337 g/mol. The molecule has 0 fully saturated rings. The highest BCUT2D eigenvalue weighted by molar-refractivity contribution is 5.78. The van der Waals surface area contributed by atoms with Crippen LogP contribution in [0.2, 0.25) is 0 Å². The Kier molecular flexibility index (Phi) is 5.71. The second-order valence-corrected chi connectivity index (χ2v) is 6.51. The molecule has 132 valence electrons. The zero-order valence-electron chi connectivity index (χ0n) is 15.2. The number of hydrogen-bond donors (Lipinski definition) is 1. The Morgan fingerprint density at radius 1 is 1.04 bits per heavy atom. The maximum Gasteiger partial charge on any atom is 0.119 e. The minimum atomic E-state index is 0.623. The summed E-state index contributed by atoms with van der Waals surface area (Å²) in [4.78, 5) is 4.80. The number of imidazole rings is 1. The molecule has 0 aliphatic heterocycles. The number of nitrogens with zero attached hydrogens (tertiary/aromatic N) is 2. The summed E-state index contributed by atoms with van der Waals surface area (Å²) in [6.07, 6.45) is 2.89. The van der Waals surface area contributed by atoms with Gasteiger partial charge < -0.3 is 15.0 Å².